The molecule has 0 aromatic heterocycles. The molecule has 2 amide bonds. The molecule has 1 aliphatic heterocycles. The van der Waals surface area contributed by atoms with Crippen LogP contribution >= 0.6 is 15.9 Å². The number of ether oxygens (including phenoxy) is 2. The summed E-state index contributed by atoms with van der Waals surface area (Å²) in [5, 5.41) is 0. The van der Waals surface area contributed by atoms with E-state index in [4.69, 9.17) is 9.47 Å². The molecule has 2 atom stereocenters. The Morgan fingerprint density at radius 3 is 1.67 bits per heavy atom. The van der Waals surface area contributed by atoms with Crippen LogP contribution in [0.4, 0.5) is 0 Å². The summed E-state index contributed by atoms with van der Waals surface area (Å²) in [5.41, 5.74) is 4.98. The maximum Gasteiger partial charge on any atom is 0.343 e. The quantitative estimate of drug-likeness (QED) is 0.103. The summed E-state index contributed by atoms with van der Waals surface area (Å²) < 4.78 is 11.4. The first-order valence-electron chi connectivity index (χ1n) is 14.6. The third kappa shape index (κ3) is 5.07. The number of benzene rings is 4. The van der Waals surface area contributed by atoms with Crippen LogP contribution in [0.15, 0.2) is 102 Å². The second-order valence-corrected chi connectivity index (χ2v) is 12.3. The fraction of sp³-hybridized carbons (Fsp3) is 0.194. The Balaban J connectivity index is 0.954. The summed E-state index contributed by atoms with van der Waals surface area (Å²) in [6, 6.07) is 28.6. The van der Waals surface area contributed by atoms with Crippen LogP contribution in [-0.4, -0.2) is 47.6 Å². The van der Waals surface area contributed by atoms with Gasteiger partial charge >= 0.3 is 11.9 Å². The van der Waals surface area contributed by atoms with Crippen LogP contribution in [0, 0.1) is 11.8 Å². The van der Waals surface area contributed by atoms with E-state index in [1.165, 1.54) is 29.2 Å². The molecule has 8 rings (SSSR count). The minimum atomic E-state index is -0.687. The van der Waals surface area contributed by atoms with Crippen LogP contribution in [0.1, 0.15) is 61.2 Å². The van der Waals surface area contributed by atoms with Gasteiger partial charge < -0.3 is 9.47 Å². The molecule has 9 heteroatoms. The maximum atomic E-state index is 13.7. The van der Waals surface area contributed by atoms with E-state index in [0.717, 1.165) is 26.7 Å². The van der Waals surface area contributed by atoms with Crippen molar-refractivity contribution in [2.75, 3.05) is 13.2 Å². The van der Waals surface area contributed by atoms with E-state index in [2.05, 4.69) is 15.9 Å². The van der Waals surface area contributed by atoms with Crippen molar-refractivity contribution < 1.29 is 33.4 Å². The zero-order valence-electron chi connectivity index (χ0n) is 23.9. The SMILES string of the molecule is O=C(CCN1C(=O)C2C3c4ccccc4C(c4ccccc43)C2C1=O)OCC(=O)c1ccc(OC(=O)c2ccc(Br)cc2)cc1. The second kappa shape index (κ2) is 11.6. The van der Waals surface area contributed by atoms with E-state index < -0.39 is 36.2 Å². The van der Waals surface area contributed by atoms with E-state index >= 15 is 0 Å². The number of hydrogen-bond acceptors (Lipinski definition) is 7. The molecule has 8 nitrogen and oxygen atoms in total. The zero-order chi connectivity index (χ0) is 31.2. The fourth-order valence-electron chi connectivity index (χ4n) is 6.92. The monoisotopic (exact) mass is 663 g/mol. The molecule has 0 N–H and O–H groups in total. The Hall–Kier alpha value is -4.89. The zero-order valence-corrected chi connectivity index (χ0v) is 25.4. The van der Waals surface area contributed by atoms with Gasteiger partial charge in [-0.3, -0.25) is 24.1 Å². The lowest BCUT2D eigenvalue weighted by molar-refractivity contribution is -0.145. The molecule has 224 valence electrons. The van der Waals surface area contributed by atoms with Gasteiger partial charge in [-0.05, 0) is 70.8 Å². The van der Waals surface area contributed by atoms with Gasteiger partial charge in [0.1, 0.15) is 5.75 Å². The van der Waals surface area contributed by atoms with Crippen molar-refractivity contribution >= 4 is 45.5 Å². The first kappa shape index (κ1) is 28.9. The van der Waals surface area contributed by atoms with Gasteiger partial charge in [0.2, 0.25) is 11.8 Å². The van der Waals surface area contributed by atoms with E-state index in [-0.39, 0.29) is 47.9 Å². The largest absolute Gasteiger partial charge is 0.457 e. The van der Waals surface area contributed by atoms with Crippen LogP contribution in [0.25, 0.3) is 0 Å². The maximum absolute atomic E-state index is 13.7. The van der Waals surface area contributed by atoms with Crippen LogP contribution in [0.2, 0.25) is 0 Å². The second-order valence-electron chi connectivity index (χ2n) is 11.3. The number of carbonyl (C=O) groups excluding carboxylic acids is 5. The van der Waals surface area contributed by atoms with Gasteiger partial charge in [-0.15, -0.1) is 0 Å². The number of likely N-dealkylation sites (tertiary alicyclic amines) is 1. The van der Waals surface area contributed by atoms with Crippen LogP contribution < -0.4 is 4.74 Å². The Labute approximate surface area is 267 Å². The van der Waals surface area contributed by atoms with Crippen molar-refractivity contribution in [3.05, 3.63) is 135 Å². The number of esters is 2. The topological polar surface area (TPSA) is 107 Å². The number of ketones is 1. The minimum absolute atomic E-state index is 0.109. The van der Waals surface area contributed by atoms with Crippen molar-refractivity contribution in [1.29, 1.82) is 0 Å². The number of halogens is 1. The summed E-state index contributed by atoms with van der Waals surface area (Å²) in [7, 11) is 0. The van der Waals surface area contributed by atoms with Gasteiger partial charge in [-0.1, -0.05) is 64.5 Å². The number of hydrogen-bond donors (Lipinski definition) is 0. The summed E-state index contributed by atoms with van der Waals surface area (Å²) in [6.45, 7) is -0.610. The fourth-order valence-corrected chi connectivity index (χ4v) is 7.19. The molecule has 1 saturated heterocycles. The average Bonchev–Trinajstić information content (AvgIpc) is 3.32. The highest BCUT2D eigenvalue weighted by atomic mass is 79.9. The van der Waals surface area contributed by atoms with E-state index in [9.17, 15) is 24.0 Å². The number of Topliss-reactive ketones (excluding diaryl/α,β-unsaturated/α-hetero) is 1. The Kier molecular flexibility index (Phi) is 7.41. The predicted molar refractivity (Wildman–Crippen MR) is 166 cm³/mol. The lowest BCUT2D eigenvalue weighted by atomic mass is 9.55. The van der Waals surface area contributed by atoms with Crippen molar-refractivity contribution in [3.8, 4) is 5.75 Å². The average molecular weight is 665 g/mol. The number of imide groups is 1. The first-order chi connectivity index (χ1) is 21.8. The summed E-state index contributed by atoms with van der Waals surface area (Å²) in [5.74, 6) is -3.40. The molecule has 4 aromatic carbocycles. The van der Waals surface area contributed by atoms with Gasteiger partial charge in [-0.25, -0.2) is 4.79 Å². The molecular formula is C36H26BrNO7. The van der Waals surface area contributed by atoms with Crippen molar-refractivity contribution in [2.45, 2.75) is 18.3 Å². The highest BCUT2D eigenvalue weighted by molar-refractivity contribution is 9.10. The predicted octanol–water partition coefficient (Wildman–Crippen LogP) is 5.68. The first-order valence-corrected chi connectivity index (χ1v) is 15.4. The highest BCUT2D eigenvalue weighted by Crippen LogP contribution is 2.60. The van der Waals surface area contributed by atoms with Crippen molar-refractivity contribution in [1.82, 2.24) is 4.90 Å². The number of amides is 2. The lowest BCUT2D eigenvalue weighted by Crippen LogP contribution is -2.41. The lowest BCUT2D eigenvalue weighted by Gasteiger charge is -2.45. The molecule has 3 aliphatic carbocycles. The minimum Gasteiger partial charge on any atom is -0.457 e. The number of carbonyl (C=O) groups is 5. The third-order valence-corrected chi connectivity index (χ3v) is 9.44. The van der Waals surface area contributed by atoms with E-state index in [1.54, 1.807) is 24.3 Å². The number of nitrogens with zero attached hydrogens (tertiary/aromatic N) is 1. The van der Waals surface area contributed by atoms with Gasteiger partial charge in [0.15, 0.2) is 12.4 Å². The Morgan fingerprint density at radius 2 is 1.16 bits per heavy atom. The van der Waals surface area contributed by atoms with Gasteiger partial charge in [0.05, 0.1) is 23.8 Å². The van der Waals surface area contributed by atoms with Crippen LogP contribution in [0.5, 0.6) is 5.75 Å². The normalized spacial score (nSPS) is 20.7. The summed E-state index contributed by atoms with van der Waals surface area (Å²) in [6.07, 6.45) is -0.218. The van der Waals surface area contributed by atoms with E-state index in [0.29, 0.717) is 5.56 Å². The van der Waals surface area contributed by atoms with Crippen LogP contribution in [-0.2, 0) is 19.1 Å². The van der Waals surface area contributed by atoms with Crippen molar-refractivity contribution in [2.24, 2.45) is 11.8 Å². The molecule has 4 aromatic rings. The smallest absolute Gasteiger partial charge is 0.343 e. The van der Waals surface area contributed by atoms with Gasteiger partial charge in [0, 0.05) is 28.4 Å². The van der Waals surface area contributed by atoms with Crippen LogP contribution in [0.3, 0.4) is 0 Å². The molecule has 1 heterocycles. The Morgan fingerprint density at radius 1 is 0.667 bits per heavy atom. The molecule has 2 bridgehead atoms. The molecule has 1 fully saturated rings. The molecule has 0 saturated carbocycles. The summed E-state index contributed by atoms with van der Waals surface area (Å²) in [4.78, 5) is 66.1. The van der Waals surface area contributed by atoms with E-state index in [1.807, 2.05) is 48.5 Å². The van der Waals surface area contributed by atoms with Crippen molar-refractivity contribution in [3.63, 3.8) is 0 Å². The molecule has 2 unspecified atom stereocenters. The highest BCUT2D eigenvalue weighted by Gasteiger charge is 2.61. The van der Waals surface area contributed by atoms with Gasteiger partial charge in [0.25, 0.3) is 0 Å². The summed E-state index contributed by atoms with van der Waals surface area (Å²) >= 11 is 3.32. The Bertz CT molecular complexity index is 1750. The molecule has 0 spiro atoms. The van der Waals surface area contributed by atoms with Gasteiger partial charge in [-0.2, -0.15) is 0 Å². The molecule has 0 radical (unpaired) electrons. The number of rotatable bonds is 8. The molecule has 45 heavy (non-hydrogen) atoms. The standard InChI is InChI=1S/C36H26BrNO7/c37-22-13-9-21(10-14-22)36(43)45-23-15-11-20(12-16-23)28(39)19-44-29(40)17-18-38-34(41)32-30-24-5-1-2-6-25(24)31(33(32)35(38)42)27-8-4-3-7-26(27)30/h1-16,30-33H,17-19H2. The molecule has 4 aliphatic rings. The third-order valence-electron chi connectivity index (χ3n) is 8.91. The molecular weight excluding hydrogens is 638 g/mol.